The lowest BCUT2D eigenvalue weighted by Crippen LogP contribution is -2.40. The number of nitrogens with one attached hydrogen (secondary N) is 2. The molecule has 0 bridgehead atoms. The van der Waals surface area contributed by atoms with E-state index in [0.717, 1.165) is 37.9 Å². The van der Waals surface area contributed by atoms with Crippen LogP contribution in [-0.2, 0) is 4.74 Å². The molecule has 134 valence electrons. The predicted molar refractivity (Wildman–Crippen MR) is 106 cm³/mol. The van der Waals surface area contributed by atoms with Crippen molar-refractivity contribution in [2.45, 2.75) is 26.8 Å². The fourth-order valence-corrected chi connectivity index (χ4v) is 2.32. The number of methoxy groups -OCH3 is 1. The predicted octanol–water partition coefficient (Wildman–Crippen LogP) is 2.48. The van der Waals surface area contributed by atoms with Crippen molar-refractivity contribution in [3.63, 3.8) is 0 Å². The van der Waals surface area contributed by atoms with Gasteiger partial charge in [0.05, 0.1) is 25.5 Å². The van der Waals surface area contributed by atoms with Crippen molar-refractivity contribution in [3.8, 4) is 0 Å². The number of ether oxygens (including phenoxy) is 1. The van der Waals surface area contributed by atoms with Crippen molar-refractivity contribution < 1.29 is 9.15 Å². The van der Waals surface area contributed by atoms with Crippen LogP contribution >= 0.6 is 24.0 Å². The van der Waals surface area contributed by atoms with Crippen LogP contribution in [0.25, 0.3) is 0 Å². The molecular formula is C16H31IN4O2. The fraction of sp³-hybridized carbons (Fsp3) is 0.688. The van der Waals surface area contributed by atoms with Gasteiger partial charge in [-0.3, -0.25) is 9.89 Å². The summed E-state index contributed by atoms with van der Waals surface area (Å²) in [5.74, 6) is 1.77. The number of hydrogen-bond donors (Lipinski definition) is 2. The molecule has 23 heavy (non-hydrogen) atoms. The molecule has 0 aromatic carbocycles. The Bertz CT molecular complexity index is 408. The van der Waals surface area contributed by atoms with Gasteiger partial charge in [0.15, 0.2) is 5.96 Å². The molecule has 0 aliphatic carbocycles. The summed E-state index contributed by atoms with van der Waals surface area (Å²) in [5, 5.41) is 6.51. The Morgan fingerprint density at radius 3 is 2.57 bits per heavy atom. The highest BCUT2D eigenvalue weighted by Crippen LogP contribution is 2.21. The summed E-state index contributed by atoms with van der Waals surface area (Å²) in [6, 6.07) is 4.10. The first-order valence-corrected chi connectivity index (χ1v) is 8.05. The molecule has 1 unspecified atom stereocenters. The highest BCUT2D eigenvalue weighted by molar-refractivity contribution is 14.0. The van der Waals surface area contributed by atoms with Gasteiger partial charge in [0.1, 0.15) is 5.76 Å². The monoisotopic (exact) mass is 438 g/mol. The topological polar surface area (TPSA) is 62.0 Å². The van der Waals surface area contributed by atoms with E-state index in [0.29, 0.717) is 13.2 Å². The molecule has 0 fully saturated rings. The van der Waals surface area contributed by atoms with Gasteiger partial charge in [0, 0.05) is 20.2 Å². The van der Waals surface area contributed by atoms with Crippen LogP contribution in [0.4, 0.5) is 0 Å². The standard InChI is InChI=1S/C16H30N4O2.HI/c1-5-17-16(18-10-12-21-4)19-13-14(20(6-2)7-3)15-9-8-11-22-15;/h8-9,11,14H,5-7,10,12-13H2,1-4H3,(H2,17,18,19);1H. The first-order chi connectivity index (χ1) is 10.8. The number of aliphatic imine (C=N–C) groups is 1. The third-order valence-electron chi connectivity index (χ3n) is 3.49. The number of hydrogen-bond acceptors (Lipinski definition) is 4. The van der Waals surface area contributed by atoms with E-state index in [4.69, 9.17) is 14.1 Å². The zero-order valence-electron chi connectivity index (χ0n) is 14.7. The van der Waals surface area contributed by atoms with Gasteiger partial charge < -0.3 is 19.8 Å². The molecule has 1 aromatic heterocycles. The third-order valence-corrected chi connectivity index (χ3v) is 3.49. The zero-order chi connectivity index (χ0) is 16.2. The van der Waals surface area contributed by atoms with Gasteiger partial charge in [-0.25, -0.2) is 0 Å². The number of rotatable bonds is 10. The Morgan fingerprint density at radius 2 is 2.04 bits per heavy atom. The van der Waals surface area contributed by atoms with Gasteiger partial charge in [-0.2, -0.15) is 0 Å². The van der Waals surface area contributed by atoms with Crippen LogP contribution in [0.5, 0.6) is 0 Å². The average molecular weight is 438 g/mol. The number of likely N-dealkylation sites (N-methyl/N-ethyl adjacent to an activating group) is 1. The molecular weight excluding hydrogens is 407 g/mol. The van der Waals surface area contributed by atoms with E-state index >= 15 is 0 Å². The lowest BCUT2D eigenvalue weighted by Gasteiger charge is -2.27. The van der Waals surface area contributed by atoms with Crippen molar-refractivity contribution in [2.75, 3.05) is 46.4 Å². The molecule has 0 amide bonds. The van der Waals surface area contributed by atoms with E-state index < -0.39 is 0 Å². The quantitative estimate of drug-likeness (QED) is 0.255. The van der Waals surface area contributed by atoms with Gasteiger partial charge in [0.2, 0.25) is 0 Å². The summed E-state index contributed by atoms with van der Waals surface area (Å²) in [4.78, 5) is 7.04. The summed E-state index contributed by atoms with van der Waals surface area (Å²) in [6.07, 6.45) is 1.72. The zero-order valence-corrected chi connectivity index (χ0v) is 17.0. The Labute approximate surface area is 157 Å². The maximum Gasteiger partial charge on any atom is 0.191 e. The Morgan fingerprint density at radius 1 is 1.30 bits per heavy atom. The number of furan rings is 1. The largest absolute Gasteiger partial charge is 0.468 e. The van der Waals surface area contributed by atoms with Gasteiger partial charge in [0.25, 0.3) is 0 Å². The molecule has 7 heteroatoms. The maximum atomic E-state index is 5.60. The van der Waals surface area contributed by atoms with Crippen LogP contribution in [0.3, 0.4) is 0 Å². The molecule has 1 aromatic rings. The highest BCUT2D eigenvalue weighted by atomic mass is 127. The van der Waals surface area contributed by atoms with E-state index in [1.54, 1.807) is 13.4 Å². The summed E-state index contributed by atoms with van der Waals surface area (Å²) >= 11 is 0. The number of guanidine groups is 1. The van der Waals surface area contributed by atoms with E-state index in [1.807, 2.05) is 12.1 Å². The maximum absolute atomic E-state index is 5.60. The summed E-state index contributed by atoms with van der Waals surface area (Å²) < 4.78 is 10.7. The van der Waals surface area contributed by atoms with Crippen LogP contribution in [0.1, 0.15) is 32.6 Å². The highest BCUT2D eigenvalue weighted by Gasteiger charge is 2.20. The molecule has 6 nitrogen and oxygen atoms in total. The second-order valence-corrected chi connectivity index (χ2v) is 4.89. The van der Waals surface area contributed by atoms with E-state index in [2.05, 4.69) is 36.3 Å². The minimum Gasteiger partial charge on any atom is -0.468 e. The van der Waals surface area contributed by atoms with Gasteiger partial charge in [-0.1, -0.05) is 13.8 Å². The molecule has 0 aliphatic heterocycles. The number of nitrogens with zero attached hydrogens (tertiary/aromatic N) is 2. The van der Waals surface area contributed by atoms with E-state index in [-0.39, 0.29) is 30.0 Å². The molecule has 1 heterocycles. The Kier molecular flexibility index (Phi) is 13.1. The molecule has 0 saturated heterocycles. The first kappa shape index (κ1) is 22.2. The molecule has 2 N–H and O–H groups in total. The van der Waals surface area contributed by atoms with E-state index in [9.17, 15) is 0 Å². The van der Waals surface area contributed by atoms with Crippen molar-refractivity contribution in [1.29, 1.82) is 0 Å². The molecule has 1 atom stereocenters. The van der Waals surface area contributed by atoms with Crippen LogP contribution in [0.15, 0.2) is 27.8 Å². The summed E-state index contributed by atoms with van der Waals surface area (Å²) in [7, 11) is 1.69. The van der Waals surface area contributed by atoms with Crippen molar-refractivity contribution in [3.05, 3.63) is 24.2 Å². The SMILES string of the molecule is CCNC(=NCC(c1ccco1)N(CC)CC)NCCOC.I. The summed E-state index contributed by atoms with van der Waals surface area (Å²) in [5.41, 5.74) is 0. The molecule has 0 saturated carbocycles. The molecule has 0 radical (unpaired) electrons. The normalized spacial score (nSPS) is 12.8. The number of halogens is 1. The lowest BCUT2D eigenvalue weighted by molar-refractivity contribution is 0.197. The second-order valence-electron chi connectivity index (χ2n) is 4.89. The fourth-order valence-electron chi connectivity index (χ4n) is 2.32. The molecule has 0 aliphatic rings. The van der Waals surface area contributed by atoms with Crippen LogP contribution < -0.4 is 10.6 Å². The Hall–Kier alpha value is -0.800. The molecule has 0 spiro atoms. The van der Waals surface area contributed by atoms with Gasteiger partial charge in [-0.05, 0) is 32.1 Å². The Balaban J connectivity index is 0.00000484. The van der Waals surface area contributed by atoms with Crippen LogP contribution in [0.2, 0.25) is 0 Å². The minimum atomic E-state index is 0. The van der Waals surface area contributed by atoms with Crippen LogP contribution in [0, 0.1) is 0 Å². The first-order valence-electron chi connectivity index (χ1n) is 8.05. The smallest absolute Gasteiger partial charge is 0.191 e. The lowest BCUT2D eigenvalue weighted by atomic mass is 10.2. The average Bonchev–Trinajstić information content (AvgIpc) is 3.05. The third kappa shape index (κ3) is 8.03. The second kappa shape index (κ2) is 13.6. The van der Waals surface area contributed by atoms with Gasteiger partial charge >= 0.3 is 0 Å². The van der Waals surface area contributed by atoms with Crippen molar-refractivity contribution in [2.24, 2.45) is 4.99 Å². The van der Waals surface area contributed by atoms with Gasteiger partial charge in [-0.15, -0.1) is 24.0 Å². The van der Waals surface area contributed by atoms with Crippen molar-refractivity contribution in [1.82, 2.24) is 15.5 Å². The minimum absolute atomic E-state index is 0. The van der Waals surface area contributed by atoms with E-state index in [1.165, 1.54) is 0 Å². The summed E-state index contributed by atoms with van der Waals surface area (Å²) in [6.45, 7) is 11.2. The van der Waals surface area contributed by atoms with Crippen molar-refractivity contribution >= 4 is 29.9 Å². The van der Waals surface area contributed by atoms with Crippen LogP contribution in [-0.4, -0.2) is 57.3 Å². The molecule has 1 rings (SSSR count).